The zero-order valence-electron chi connectivity index (χ0n) is 10.9. The van der Waals surface area contributed by atoms with E-state index in [9.17, 15) is 8.42 Å². The van der Waals surface area contributed by atoms with Gasteiger partial charge in [-0.05, 0) is 26.2 Å². The molecular formula is C11H20N2O3S. The van der Waals surface area contributed by atoms with Crippen LogP contribution in [0.25, 0.3) is 0 Å². The molecule has 0 unspecified atom stereocenters. The highest BCUT2D eigenvalue weighted by molar-refractivity contribution is 7.91. The van der Waals surface area contributed by atoms with E-state index >= 15 is 0 Å². The molecule has 1 aromatic rings. The van der Waals surface area contributed by atoms with E-state index in [1.54, 1.807) is 13.8 Å². The predicted octanol–water partition coefficient (Wildman–Crippen LogP) is 1.74. The fourth-order valence-corrected chi connectivity index (χ4v) is 2.09. The Morgan fingerprint density at radius 2 is 1.94 bits per heavy atom. The van der Waals surface area contributed by atoms with Crippen molar-refractivity contribution in [3.8, 4) is 0 Å². The monoisotopic (exact) mass is 260 g/mol. The largest absolute Gasteiger partial charge is 0.367 e. The molecule has 0 fully saturated rings. The molecule has 2 N–H and O–H groups in total. The summed E-state index contributed by atoms with van der Waals surface area (Å²) in [6.07, 6.45) is 1.85. The van der Waals surface area contributed by atoms with Crippen molar-refractivity contribution < 1.29 is 12.9 Å². The topological polar surface area (TPSA) is 86.2 Å². The van der Waals surface area contributed by atoms with Gasteiger partial charge in [0.15, 0.2) is 9.84 Å². The number of hydrogen-bond donors (Lipinski definition) is 1. The average molecular weight is 260 g/mol. The highest BCUT2D eigenvalue weighted by atomic mass is 32.2. The van der Waals surface area contributed by atoms with Gasteiger partial charge >= 0.3 is 0 Å². The van der Waals surface area contributed by atoms with Gasteiger partial charge in [0.1, 0.15) is 10.4 Å². The van der Waals surface area contributed by atoms with Gasteiger partial charge in [-0.3, -0.25) is 0 Å². The number of anilines is 1. The van der Waals surface area contributed by atoms with Gasteiger partial charge in [-0.2, -0.15) is 0 Å². The molecule has 0 saturated heterocycles. The Hall–Kier alpha value is -1.04. The third-order valence-corrected chi connectivity index (χ3v) is 4.98. The maximum absolute atomic E-state index is 11.8. The third-order valence-electron chi connectivity index (χ3n) is 2.93. The van der Waals surface area contributed by atoms with E-state index in [1.807, 2.05) is 13.8 Å². The lowest BCUT2D eigenvalue weighted by Gasteiger charge is -2.21. The molecule has 98 valence electrons. The van der Waals surface area contributed by atoms with Gasteiger partial charge < -0.3 is 10.3 Å². The smallest absolute Gasteiger partial charge is 0.225 e. The summed E-state index contributed by atoms with van der Waals surface area (Å²) in [5.41, 5.74) is 6.83. The van der Waals surface area contributed by atoms with Crippen molar-refractivity contribution in [1.29, 1.82) is 0 Å². The maximum atomic E-state index is 11.8. The van der Waals surface area contributed by atoms with Crippen molar-refractivity contribution in [2.75, 3.05) is 12.0 Å². The normalized spacial score (nSPS) is 13.3. The van der Waals surface area contributed by atoms with E-state index in [-0.39, 0.29) is 5.88 Å². The Kier molecular flexibility index (Phi) is 3.57. The summed E-state index contributed by atoms with van der Waals surface area (Å²) in [5.74, 6) is 0.566. The standard InChI is InChI=1S/C11H20N2O3S/c1-7(2)6-8-9(13-16-10(8)12)11(3,4)17(5,14)15/h7H,6,12H2,1-5H3. The minimum Gasteiger partial charge on any atom is -0.367 e. The van der Waals surface area contributed by atoms with E-state index in [0.29, 0.717) is 23.6 Å². The highest BCUT2D eigenvalue weighted by Gasteiger charge is 2.38. The first-order valence-corrected chi connectivity index (χ1v) is 7.40. The number of nitrogen functional groups attached to an aromatic ring is 1. The molecule has 0 aliphatic rings. The highest BCUT2D eigenvalue weighted by Crippen LogP contribution is 2.34. The van der Waals surface area contributed by atoms with E-state index in [2.05, 4.69) is 5.16 Å². The fraction of sp³-hybridized carbons (Fsp3) is 0.727. The second-order valence-corrected chi connectivity index (χ2v) is 7.82. The summed E-state index contributed by atoms with van der Waals surface area (Å²) in [7, 11) is -3.28. The molecule has 0 aliphatic heterocycles. The molecule has 5 nitrogen and oxygen atoms in total. The lowest BCUT2D eigenvalue weighted by atomic mass is 9.97. The lowest BCUT2D eigenvalue weighted by molar-refractivity contribution is 0.416. The number of rotatable bonds is 4. The molecule has 0 atom stereocenters. The van der Waals surface area contributed by atoms with Crippen molar-refractivity contribution in [2.24, 2.45) is 5.92 Å². The summed E-state index contributed by atoms with van der Waals surface area (Å²) in [5, 5.41) is 3.83. The summed E-state index contributed by atoms with van der Waals surface area (Å²) in [4.78, 5) is 0. The lowest BCUT2D eigenvalue weighted by Crippen LogP contribution is -2.30. The average Bonchev–Trinajstić information content (AvgIpc) is 2.45. The van der Waals surface area contributed by atoms with Crippen molar-refractivity contribution >= 4 is 15.7 Å². The Morgan fingerprint density at radius 1 is 1.41 bits per heavy atom. The minimum absolute atomic E-state index is 0.213. The van der Waals surface area contributed by atoms with Crippen molar-refractivity contribution in [2.45, 2.75) is 38.9 Å². The van der Waals surface area contributed by atoms with Crippen LogP contribution in [0.15, 0.2) is 4.52 Å². The van der Waals surface area contributed by atoms with E-state index in [0.717, 1.165) is 0 Å². The van der Waals surface area contributed by atoms with Gasteiger partial charge in [0, 0.05) is 11.8 Å². The van der Waals surface area contributed by atoms with Crippen LogP contribution in [0.3, 0.4) is 0 Å². The third kappa shape index (κ3) is 2.62. The van der Waals surface area contributed by atoms with Gasteiger partial charge in [-0.25, -0.2) is 8.42 Å². The van der Waals surface area contributed by atoms with E-state index < -0.39 is 14.6 Å². The van der Waals surface area contributed by atoms with Crippen LogP contribution in [0.4, 0.5) is 5.88 Å². The summed E-state index contributed by atoms with van der Waals surface area (Å²) in [6.45, 7) is 7.29. The van der Waals surface area contributed by atoms with E-state index in [1.165, 1.54) is 6.26 Å². The van der Waals surface area contributed by atoms with Crippen LogP contribution < -0.4 is 5.73 Å². The number of nitrogens with two attached hydrogens (primary N) is 1. The molecular weight excluding hydrogens is 240 g/mol. The molecule has 1 rings (SSSR count). The second kappa shape index (κ2) is 4.33. The molecule has 0 spiro atoms. The molecule has 0 aromatic carbocycles. The first-order valence-electron chi connectivity index (χ1n) is 5.51. The van der Waals surface area contributed by atoms with E-state index in [4.69, 9.17) is 10.3 Å². The molecule has 0 bridgehead atoms. The van der Waals surface area contributed by atoms with Crippen LogP contribution in [-0.4, -0.2) is 19.8 Å². The molecule has 0 radical (unpaired) electrons. The van der Waals surface area contributed by atoms with Crippen molar-refractivity contribution in [1.82, 2.24) is 5.16 Å². The zero-order valence-corrected chi connectivity index (χ0v) is 11.8. The molecule has 0 amide bonds. The second-order valence-electron chi connectivity index (χ2n) is 5.25. The minimum atomic E-state index is -3.28. The Morgan fingerprint density at radius 3 is 2.35 bits per heavy atom. The molecule has 0 aliphatic carbocycles. The zero-order chi connectivity index (χ0) is 13.4. The van der Waals surface area contributed by atoms with Crippen LogP contribution >= 0.6 is 0 Å². The summed E-state index contributed by atoms with van der Waals surface area (Å²) >= 11 is 0. The first-order chi connectivity index (χ1) is 7.57. The van der Waals surface area contributed by atoms with Gasteiger partial charge in [-0.1, -0.05) is 19.0 Å². The number of aromatic nitrogens is 1. The fourth-order valence-electron chi connectivity index (χ4n) is 1.58. The van der Waals surface area contributed by atoms with Crippen LogP contribution in [0.5, 0.6) is 0 Å². The molecule has 6 heteroatoms. The summed E-state index contributed by atoms with van der Waals surface area (Å²) in [6, 6.07) is 0. The predicted molar refractivity (Wildman–Crippen MR) is 67.3 cm³/mol. The van der Waals surface area contributed by atoms with Gasteiger partial charge in [0.05, 0.1) is 0 Å². The van der Waals surface area contributed by atoms with Crippen molar-refractivity contribution in [3.05, 3.63) is 11.3 Å². The van der Waals surface area contributed by atoms with Crippen molar-refractivity contribution in [3.63, 3.8) is 0 Å². The van der Waals surface area contributed by atoms with Crippen LogP contribution in [0.1, 0.15) is 39.0 Å². The summed E-state index contributed by atoms with van der Waals surface area (Å²) < 4.78 is 27.4. The van der Waals surface area contributed by atoms with Crippen LogP contribution in [0, 0.1) is 5.92 Å². The quantitative estimate of drug-likeness (QED) is 0.891. The molecule has 0 saturated carbocycles. The Balaban J connectivity index is 3.33. The van der Waals surface area contributed by atoms with Gasteiger partial charge in [-0.15, -0.1) is 0 Å². The Bertz CT molecular complexity index is 501. The number of sulfone groups is 1. The van der Waals surface area contributed by atoms with Gasteiger partial charge in [0.25, 0.3) is 0 Å². The maximum Gasteiger partial charge on any atom is 0.225 e. The SMILES string of the molecule is CC(C)Cc1c(C(C)(C)S(C)(=O)=O)noc1N. The van der Waals surface area contributed by atoms with Crippen LogP contribution in [-0.2, 0) is 21.0 Å². The number of nitrogens with zero attached hydrogens (tertiary/aromatic N) is 1. The molecule has 17 heavy (non-hydrogen) atoms. The molecule has 1 aromatic heterocycles. The van der Waals surface area contributed by atoms with Gasteiger partial charge in [0.2, 0.25) is 5.88 Å². The molecule has 1 heterocycles. The number of hydrogen-bond acceptors (Lipinski definition) is 5. The van der Waals surface area contributed by atoms with Crippen LogP contribution in [0.2, 0.25) is 0 Å². The first kappa shape index (κ1) is 14.0. The Labute approximate surface area is 102 Å².